The molecule has 0 atom stereocenters. The fraction of sp³-hybridized carbons (Fsp3) is 0.250. The van der Waals surface area contributed by atoms with Crippen molar-refractivity contribution in [2.24, 2.45) is 0 Å². The molecular weight excluding hydrogens is 257 g/mol. The molecule has 0 fully saturated rings. The molecule has 0 amide bonds. The van der Waals surface area contributed by atoms with Crippen molar-refractivity contribution >= 4 is 33.5 Å². The Morgan fingerprint density at radius 1 is 1.77 bits per heavy atom. The summed E-state index contributed by atoms with van der Waals surface area (Å²) < 4.78 is 5.28. The van der Waals surface area contributed by atoms with Gasteiger partial charge in [0.15, 0.2) is 0 Å². The number of hydrogen-bond acceptors (Lipinski definition) is 3. The van der Waals surface area contributed by atoms with E-state index in [9.17, 15) is 4.79 Å². The van der Waals surface area contributed by atoms with Crippen LogP contribution in [-0.2, 0) is 16.0 Å². The fourth-order valence-electron chi connectivity index (χ4n) is 0.814. The molecule has 5 heteroatoms. The second-order valence-electron chi connectivity index (χ2n) is 2.35. The standard InChI is InChI=1S/C8H7BrClNO2/c1-13-8(12)3-5-2-7(10)11-4-6(5)9/h2,4H,3H2,1H3. The van der Waals surface area contributed by atoms with Crippen molar-refractivity contribution in [2.75, 3.05) is 7.11 Å². The minimum Gasteiger partial charge on any atom is -0.469 e. The van der Waals surface area contributed by atoms with E-state index in [-0.39, 0.29) is 12.4 Å². The molecule has 0 saturated carbocycles. The maximum absolute atomic E-state index is 10.9. The zero-order chi connectivity index (χ0) is 9.84. The van der Waals surface area contributed by atoms with Gasteiger partial charge in [-0.3, -0.25) is 4.79 Å². The summed E-state index contributed by atoms with van der Waals surface area (Å²) in [6.07, 6.45) is 1.75. The summed E-state index contributed by atoms with van der Waals surface area (Å²) >= 11 is 8.92. The van der Waals surface area contributed by atoms with Crippen LogP contribution in [0.15, 0.2) is 16.7 Å². The van der Waals surface area contributed by atoms with Gasteiger partial charge in [0, 0.05) is 10.7 Å². The molecule has 0 aromatic carbocycles. The number of methoxy groups -OCH3 is 1. The predicted molar refractivity (Wildman–Crippen MR) is 52.7 cm³/mol. The van der Waals surface area contributed by atoms with E-state index in [1.807, 2.05) is 0 Å². The van der Waals surface area contributed by atoms with E-state index >= 15 is 0 Å². The third-order valence-electron chi connectivity index (χ3n) is 1.46. The van der Waals surface area contributed by atoms with Gasteiger partial charge in [-0.1, -0.05) is 11.6 Å². The Kier molecular flexibility index (Phi) is 3.69. The van der Waals surface area contributed by atoms with E-state index in [0.717, 1.165) is 10.0 Å². The first-order chi connectivity index (χ1) is 6.13. The van der Waals surface area contributed by atoms with E-state index in [4.69, 9.17) is 11.6 Å². The summed E-state index contributed by atoms with van der Waals surface area (Å²) in [4.78, 5) is 14.8. The van der Waals surface area contributed by atoms with Gasteiger partial charge in [-0.15, -0.1) is 0 Å². The number of nitrogens with zero attached hydrogens (tertiary/aromatic N) is 1. The highest BCUT2D eigenvalue weighted by molar-refractivity contribution is 9.10. The average molecular weight is 265 g/mol. The Labute approximate surface area is 89.2 Å². The molecule has 1 aromatic rings. The van der Waals surface area contributed by atoms with Crippen LogP contribution in [0.2, 0.25) is 5.15 Å². The highest BCUT2D eigenvalue weighted by atomic mass is 79.9. The highest BCUT2D eigenvalue weighted by Gasteiger charge is 2.07. The number of carbonyl (C=O) groups is 1. The Morgan fingerprint density at radius 3 is 3.08 bits per heavy atom. The smallest absolute Gasteiger partial charge is 0.310 e. The molecule has 0 bridgehead atoms. The van der Waals surface area contributed by atoms with Crippen molar-refractivity contribution in [3.63, 3.8) is 0 Å². The number of carbonyl (C=O) groups excluding carboxylic acids is 1. The first-order valence-electron chi connectivity index (χ1n) is 3.50. The van der Waals surface area contributed by atoms with Crippen LogP contribution >= 0.6 is 27.5 Å². The van der Waals surface area contributed by atoms with E-state index in [1.54, 1.807) is 12.3 Å². The molecule has 0 spiro atoms. The van der Waals surface area contributed by atoms with Crippen LogP contribution in [0.1, 0.15) is 5.56 Å². The molecule has 1 heterocycles. The van der Waals surface area contributed by atoms with Gasteiger partial charge in [0.1, 0.15) is 5.15 Å². The van der Waals surface area contributed by atoms with Crippen LogP contribution in [0.4, 0.5) is 0 Å². The number of esters is 1. The van der Waals surface area contributed by atoms with Crippen molar-refractivity contribution in [2.45, 2.75) is 6.42 Å². The van der Waals surface area contributed by atoms with Crippen molar-refractivity contribution < 1.29 is 9.53 Å². The molecule has 0 aliphatic rings. The first kappa shape index (κ1) is 10.5. The van der Waals surface area contributed by atoms with Gasteiger partial charge in [-0.2, -0.15) is 0 Å². The Morgan fingerprint density at radius 2 is 2.46 bits per heavy atom. The van der Waals surface area contributed by atoms with Gasteiger partial charge in [0.05, 0.1) is 13.5 Å². The van der Waals surface area contributed by atoms with Crippen molar-refractivity contribution in [3.05, 3.63) is 27.5 Å². The highest BCUT2D eigenvalue weighted by Crippen LogP contribution is 2.19. The van der Waals surface area contributed by atoms with Gasteiger partial charge in [-0.25, -0.2) is 4.98 Å². The molecule has 0 unspecified atom stereocenters. The number of rotatable bonds is 2. The number of hydrogen-bond donors (Lipinski definition) is 0. The van der Waals surface area contributed by atoms with E-state index in [1.165, 1.54) is 7.11 Å². The third kappa shape index (κ3) is 2.97. The van der Waals surface area contributed by atoms with E-state index in [0.29, 0.717) is 5.15 Å². The van der Waals surface area contributed by atoms with Crippen molar-refractivity contribution in [1.29, 1.82) is 0 Å². The molecule has 0 radical (unpaired) electrons. The molecule has 0 aliphatic carbocycles. The molecule has 3 nitrogen and oxygen atoms in total. The molecule has 0 aliphatic heterocycles. The minimum atomic E-state index is -0.303. The lowest BCUT2D eigenvalue weighted by molar-refractivity contribution is -0.139. The summed E-state index contributed by atoms with van der Waals surface area (Å²) in [5.74, 6) is -0.303. The summed E-state index contributed by atoms with van der Waals surface area (Å²) in [5, 5.41) is 0.363. The zero-order valence-electron chi connectivity index (χ0n) is 6.88. The maximum Gasteiger partial charge on any atom is 0.310 e. The largest absolute Gasteiger partial charge is 0.469 e. The van der Waals surface area contributed by atoms with Crippen LogP contribution in [-0.4, -0.2) is 18.1 Å². The van der Waals surface area contributed by atoms with Crippen LogP contribution in [0.5, 0.6) is 0 Å². The van der Waals surface area contributed by atoms with E-state index < -0.39 is 0 Å². The lowest BCUT2D eigenvalue weighted by Crippen LogP contribution is -2.05. The Bertz CT molecular complexity index is 330. The molecular formula is C8H7BrClNO2. The second kappa shape index (κ2) is 4.58. The number of pyridine rings is 1. The number of halogens is 2. The normalized spacial score (nSPS) is 9.77. The predicted octanol–water partition coefficient (Wildman–Crippen LogP) is 2.21. The number of ether oxygens (including phenoxy) is 1. The average Bonchev–Trinajstić information content (AvgIpc) is 2.11. The topological polar surface area (TPSA) is 39.2 Å². The van der Waals surface area contributed by atoms with Crippen molar-refractivity contribution in [3.8, 4) is 0 Å². The molecule has 13 heavy (non-hydrogen) atoms. The van der Waals surface area contributed by atoms with Gasteiger partial charge in [0.2, 0.25) is 0 Å². The SMILES string of the molecule is COC(=O)Cc1cc(Cl)ncc1Br. The monoisotopic (exact) mass is 263 g/mol. The van der Waals surface area contributed by atoms with Crippen LogP contribution < -0.4 is 0 Å². The van der Waals surface area contributed by atoms with Gasteiger partial charge < -0.3 is 4.74 Å². The molecule has 70 valence electrons. The molecule has 1 aromatic heterocycles. The lowest BCUT2D eigenvalue weighted by atomic mass is 10.2. The Balaban J connectivity index is 2.87. The fourth-order valence-corrected chi connectivity index (χ4v) is 1.35. The summed E-state index contributed by atoms with van der Waals surface area (Å²) in [7, 11) is 1.35. The zero-order valence-corrected chi connectivity index (χ0v) is 9.22. The summed E-state index contributed by atoms with van der Waals surface area (Å²) in [5.41, 5.74) is 0.770. The Hall–Kier alpha value is -0.610. The van der Waals surface area contributed by atoms with Gasteiger partial charge in [0.25, 0.3) is 0 Å². The van der Waals surface area contributed by atoms with Gasteiger partial charge in [-0.05, 0) is 27.6 Å². The summed E-state index contributed by atoms with van der Waals surface area (Å²) in [6.45, 7) is 0. The maximum atomic E-state index is 10.9. The molecule has 1 rings (SSSR count). The summed E-state index contributed by atoms with van der Waals surface area (Å²) in [6, 6.07) is 1.63. The first-order valence-corrected chi connectivity index (χ1v) is 4.67. The quantitative estimate of drug-likeness (QED) is 0.607. The van der Waals surface area contributed by atoms with Gasteiger partial charge >= 0.3 is 5.97 Å². The molecule has 0 saturated heterocycles. The van der Waals surface area contributed by atoms with Crippen LogP contribution in [0.3, 0.4) is 0 Å². The third-order valence-corrected chi connectivity index (χ3v) is 2.38. The van der Waals surface area contributed by atoms with E-state index in [2.05, 4.69) is 25.7 Å². The van der Waals surface area contributed by atoms with Crippen molar-refractivity contribution in [1.82, 2.24) is 4.98 Å². The van der Waals surface area contributed by atoms with Crippen LogP contribution in [0.25, 0.3) is 0 Å². The second-order valence-corrected chi connectivity index (χ2v) is 3.59. The molecule has 0 N–H and O–H groups in total. The lowest BCUT2D eigenvalue weighted by Gasteiger charge is -2.02. The van der Waals surface area contributed by atoms with Crippen LogP contribution in [0, 0.1) is 0 Å². The minimum absolute atomic E-state index is 0.194. The number of aromatic nitrogens is 1.